The third kappa shape index (κ3) is 4.96. The predicted molar refractivity (Wildman–Crippen MR) is 135 cm³/mol. The zero-order chi connectivity index (χ0) is 23.4. The molecule has 0 radical (unpaired) electrons. The molecule has 1 N–H and O–H groups in total. The molecule has 0 aliphatic carbocycles. The average Bonchev–Trinajstić information content (AvgIpc) is 3.33. The summed E-state index contributed by atoms with van der Waals surface area (Å²) in [6.45, 7) is 4.72. The lowest BCUT2D eigenvalue weighted by Crippen LogP contribution is -2.46. The van der Waals surface area contributed by atoms with Crippen molar-refractivity contribution in [2.24, 2.45) is 0 Å². The SMILES string of the molecule is CCCCN1C(=O)NC(c2ccc(SC)cc2)C(c2nc(-c3ccc(SC)cc3)no2)=C1C. The van der Waals surface area contributed by atoms with Gasteiger partial charge in [0.1, 0.15) is 0 Å². The second-order valence-corrected chi connectivity index (χ2v) is 9.57. The molecule has 33 heavy (non-hydrogen) atoms. The van der Waals surface area contributed by atoms with Crippen molar-refractivity contribution < 1.29 is 9.32 Å². The summed E-state index contributed by atoms with van der Waals surface area (Å²) >= 11 is 3.37. The molecule has 2 heterocycles. The Balaban J connectivity index is 1.76. The smallest absolute Gasteiger partial charge is 0.322 e. The van der Waals surface area contributed by atoms with Crippen molar-refractivity contribution >= 4 is 35.1 Å². The highest BCUT2D eigenvalue weighted by atomic mass is 32.2. The van der Waals surface area contributed by atoms with Crippen LogP contribution in [0.25, 0.3) is 17.0 Å². The molecule has 1 unspecified atom stereocenters. The Bertz CT molecular complexity index is 1140. The standard InChI is InChI=1S/C25H28N4O2S2/c1-5-6-15-29-16(2)21(22(26-25(29)30)17-7-11-19(32-3)12-8-17)24-27-23(28-31-24)18-9-13-20(33-4)14-10-18/h7-14,22H,5-6,15H2,1-4H3,(H,26,30). The number of aromatic nitrogens is 2. The van der Waals surface area contributed by atoms with E-state index >= 15 is 0 Å². The summed E-state index contributed by atoms with van der Waals surface area (Å²) < 4.78 is 5.76. The van der Waals surface area contributed by atoms with Gasteiger partial charge in [-0.05, 0) is 67.8 Å². The molecule has 1 aromatic heterocycles. The van der Waals surface area contributed by atoms with E-state index in [1.54, 1.807) is 28.4 Å². The summed E-state index contributed by atoms with van der Waals surface area (Å²) in [6, 6.07) is 15.8. The molecule has 3 aromatic rings. The molecule has 172 valence electrons. The molecule has 0 saturated carbocycles. The largest absolute Gasteiger partial charge is 0.334 e. The van der Waals surface area contributed by atoms with Crippen LogP contribution in [0, 0.1) is 0 Å². The maximum Gasteiger partial charge on any atom is 0.322 e. The Hall–Kier alpha value is -2.71. The first kappa shape index (κ1) is 23.4. The minimum Gasteiger partial charge on any atom is -0.334 e. The van der Waals surface area contributed by atoms with Crippen LogP contribution < -0.4 is 5.32 Å². The molecule has 6 nitrogen and oxygen atoms in total. The van der Waals surface area contributed by atoms with Gasteiger partial charge < -0.3 is 9.84 Å². The molecule has 2 amide bonds. The van der Waals surface area contributed by atoms with Crippen molar-refractivity contribution in [1.82, 2.24) is 20.4 Å². The maximum atomic E-state index is 13.0. The molecular weight excluding hydrogens is 452 g/mol. The zero-order valence-electron chi connectivity index (χ0n) is 19.3. The second-order valence-electron chi connectivity index (χ2n) is 7.81. The fourth-order valence-corrected chi connectivity index (χ4v) is 4.70. The van der Waals surface area contributed by atoms with E-state index in [1.165, 1.54) is 9.79 Å². The van der Waals surface area contributed by atoms with E-state index < -0.39 is 0 Å². The van der Waals surface area contributed by atoms with Gasteiger partial charge in [-0.25, -0.2) is 4.79 Å². The summed E-state index contributed by atoms with van der Waals surface area (Å²) in [5.41, 5.74) is 3.56. The molecule has 0 spiro atoms. The van der Waals surface area contributed by atoms with Crippen LogP contribution in [0.15, 0.2) is 68.5 Å². The minimum atomic E-state index is -0.363. The summed E-state index contributed by atoms with van der Waals surface area (Å²) in [7, 11) is 0. The van der Waals surface area contributed by atoms with Crippen LogP contribution in [0.2, 0.25) is 0 Å². The quantitative estimate of drug-likeness (QED) is 0.372. The number of unbranched alkanes of at least 4 members (excludes halogenated alkanes) is 1. The van der Waals surface area contributed by atoms with Gasteiger partial charge >= 0.3 is 6.03 Å². The van der Waals surface area contributed by atoms with Crippen LogP contribution >= 0.6 is 23.5 Å². The third-order valence-corrected chi connectivity index (χ3v) is 7.27. The van der Waals surface area contributed by atoms with Gasteiger partial charge in [-0.1, -0.05) is 30.6 Å². The fraction of sp³-hybridized carbons (Fsp3) is 0.320. The number of amides is 2. The normalized spacial score (nSPS) is 16.3. The lowest BCUT2D eigenvalue weighted by atomic mass is 9.94. The monoisotopic (exact) mass is 480 g/mol. The van der Waals surface area contributed by atoms with Gasteiger partial charge in [-0.15, -0.1) is 23.5 Å². The van der Waals surface area contributed by atoms with Gasteiger partial charge in [0.15, 0.2) is 0 Å². The van der Waals surface area contributed by atoms with E-state index in [-0.39, 0.29) is 12.1 Å². The maximum absolute atomic E-state index is 13.0. The van der Waals surface area contributed by atoms with Crippen LogP contribution in [-0.4, -0.2) is 40.1 Å². The molecule has 2 aromatic carbocycles. The summed E-state index contributed by atoms with van der Waals surface area (Å²) in [6.07, 6.45) is 6.01. The number of carbonyl (C=O) groups excluding carboxylic acids is 1. The van der Waals surface area contributed by atoms with E-state index in [1.807, 2.05) is 55.8 Å². The van der Waals surface area contributed by atoms with Crippen molar-refractivity contribution in [2.45, 2.75) is 42.5 Å². The predicted octanol–water partition coefficient (Wildman–Crippen LogP) is 6.48. The number of hydrogen-bond acceptors (Lipinski definition) is 6. The van der Waals surface area contributed by atoms with E-state index in [0.29, 0.717) is 18.3 Å². The van der Waals surface area contributed by atoms with Gasteiger partial charge in [-0.2, -0.15) is 4.98 Å². The van der Waals surface area contributed by atoms with Gasteiger partial charge in [0, 0.05) is 27.6 Å². The second kappa shape index (κ2) is 10.5. The lowest BCUT2D eigenvalue weighted by molar-refractivity contribution is 0.204. The molecule has 4 rings (SSSR count). The highest BCUT2D eigenvalue weighted by Gasteiger charge is 2.35. The molecule has 0 saturated heterocycles. The van der Waals surface area contributed by atoms with E-state index in [2.05, 4.69) is 29.5 Å². The van der Waals surface area contributed by atoms with Crippen LogP contribution in [0.1, 0.15) is 44.2 Å². The van der Waals surface area contributed by atoms with Gasteiger partial charge in [0.25, 0.3) is 5.89 Å². The van der Waals surface area contributed by atoms with Gasteiger partial charge in [0.05, 0.1) is 11.6 Å². The number of benzene rings is 2. The van der Waals surface area contributed by atoms with Crippen molar-refractivity contribution in [2.75, 3.05) is 19.1 Å². The zero-order valence-corrected chi connectivity index (χ0v) is 20.9. The van der Waals surface area contributed by atoms with Crippen molar-refractivity contribution in [3.05, 3.63) is 65.7 Å². The molecule has 1 atom stereocenters. The number of hydrogen-bond donors (Lipinski definition) is 1. The Labute approximate surface area is 203 Å². The average molecular weight is 481 g/mol. The highest BCUT2D eigenvalue weighted by molar-refractivity contribution is 7.98. The Morgan fingerprint density at radius 2 is 1.67 bits per heavy atom. The first-order chi connectivity index (χ1) is 16.0. The molecular formula is C25H28N4O2S2. The molecule has 0 fully saturated rings. The van der Waals surface area contributed by atoms with Crippen LogP contribution in [0.5, 0.6) is 0 Å². The topological polar surface area (TPSA) is 71.3 Å². The number of carbonyl (C=O) groups is 1. The molecule has 1 aliphatic heterocycles. The number of allylic oxidation sites excluding steroid dienone is 1. The summed E-state index contributed by atoms with van der Waals surface area (Å²) in [4.78, 5) is 21.8. The Kier molecular flexibility index (Phi) is 7.45. The third-order valence-electron chi connectivity index (χ3n) is 5.79. The van der Waals surface area contributed by atoms with Gasteiger partial charge in [0.2, 0.25) is 5.82 Å². The van der Waals surface area contributed by atoms with E-state index in [9.17, 15) is 4.79 Å². The van der Waals surface area contributed by atoms with Crippen molar-refractivity contribution in [3.63, 3.8) is 0 Å². The van der Waals surface area contributed by atoms with E-state index in [4.69, 9.17) is 9.51 Å². The Morgan fingerprint density at radius 3 is 2.27 bits per heavy atom. The lowest BCUT2D eigenvalue weighted by Gasteiger charge is -2.35. The Morgan fingerprint density at radius 1 is 1.03 bits per heavy atom. The van der Waals surface area contributed by atoms with Crippen molar-refractivity contribution in [3.8, 4) is 11.4 Å². The number of rotatable bonds is 8. The molecule has 0 bridgehead atoms. The molecule has 8 heteroatoms. The number of nitrogens with one attached hydrogen (secondary N) is 1. The molecule has 1 aliphatic rings. The minimum absolute atomic E-state index is 0.101. The van der Waals surface area contributed by atoms with Crippen LogP contribution in [0.3, 0.4) is 0 Å². The fourth-order valence-electron chi connectivity index (χ4n) is 3.88. The summed E-state index contributed by atoms with van der Waals surface area (Å²) in [5, 5.41) is 7.42. The van der Waals surface area contributed by atoms with Crippen LogP contribution in [0.4, 0.5) is 4.79 Å². The highest BCUT2D eigenvalue weighted by Crippen LogP contribution is 2.38. The first-order valence-electron chi connectivity index (χ1n) is 11.0. The summed E-state index contributed by atoms with van der Waals surface area (Å²) in [5.74, 6) is 0.961. The van der Waals surface area contributed by atoms with Crippen LogP contribution in [-0.2, 0) is 0 Å². The number of thioether (sulfide) groups is 2. The number of nitrogens with zero attached hydrogens (tertiary/aromatic N) is 3. The number of urea groups is 1. The first-order valence-corrected chi connectivity index (χ1v) is 13.4. The van der Waals surface area contributed by atoms with Gasteiger partial charge in [-0.3, -0.25) is 4.90 Å². The van der Waals surface area contributed by atoms with Crippen molar-refractivity contribution in [1.29, 1.82) is 0 Å². The van der Waals surface area contributed by atoms with E-state index in [0.717, 1.165) is 35.2 Å².